The van der Waals surface area contributed by atoms with Crippen molar-refractivity contribution in [1.29, 1.82) is 0 Å². The average molecular weight is 427 g/mol. The number of allylic oxidation sites excluding steroid dienone is 2. The molecule has 0 saturated heterocycles. The van der Waals surface area contributed by atoms with Gasteiger partial charge in [-0.1, -0.05) is 85.0 Å². The topological polar surface area (TPSA) is 6.48 Å². The summed E-state index contributed by atoms with van der Waals surface area (Å²) in [5.74, 6) is 0. The van der Waals surface area contributed by atoms with Gasteiger partial charge < -0.3 is 9.80 Å². The fourth-order valence-corrected chi connectivity index (χ4v) is 3.96. The third-order valence-electron chi connectivity index (χ3n) is 5.69. The van der Waals surface area contributed by atoms with Crippen LogP contribution in [0.15, 0.2) is 134 Å². The van der Waals surface area contributed by atoms with Crippen molar-refractivity contribution >= 4 is 34.9 Å². The van der Waals surface area contributed by atoms with Crippen LogP contribution >= 0.6 is 0 Å². The number of para-hydroxylation sites is 2. The molecule has 0 aliphatic carbocycles. The Morgan fingerprint density at radius 1 is 0.545 bits per heavy atom. The van der Waals surface area contributed by atoms with E-state index in [2.05, 4.69) is 143 Å². The fourth-order valence-electron chi connectivity index (χ4n) is 3.96. The minimum atomic E-state index is 0.918. The van der Waals surface area contributed by atoms with Gasteiger partial charge in [-0.25, -0.2) is 0 Å². The van der Waals surface area contributed by atoms with E-state index in [-0.39, 0.29) is 0 Å². The van der Waals surface area contributed by atoms with Gasteiger partial charge in [0.1, 0.15) is 0 Å². The minimum absolute atomic E-state index is 0.918. The first kappa shape index (κ1) is 20.6. The summed E-state index contributed by atoms with van der Waals surface area (Å²) in [6.45, 7) is 0.918. The molecule has 4 aromatic carbocycles. The Kier molecular flexibility index (Phi) is 6.17. The van der Waals surface area contributed by atoms with Gasteiger partial charge in [0.05, 0.1) is 0 Å². The Morgan fingerprint density at radius 2 is 1.06 bits per heavy atom. The summed E-state index contributed by atoms with van der Waals surface area (Å²) in [5, 5.41) is 0. The first-order valence-corrected chi connectivity index (χ1v) is 11.3. The Hall–Kier alpha value is -4.30. The van der Waals surface area contributed by atoms with Crippen LogP contribution in [0.2, 0.25) is 0 Å². The Balaban J connectivity index is 1.34. The highest BCUT2D eigenvalue weighted by molar-refractivity contribution is 5.78. The zero-order valence-corrected chi connectivity index (χ0v) is 18.5. The molecule has 0 bridgehead atoms. The number of nitrogens with zero attached hydrogens (tertiary/aromatic N) is 2. The molecule has 33 heavy (non-hydrogen) atoms. The number of hydrogen-bond acceptors (Lipinski definition) is 2. The molecule has 0 atom stereocenters. The van der Waals surface area contributed by atoms with Crippen molar-refractivity contribution < 1.29 is 0 Å². The molecule has 1 aliphatic rings. The summed E-state index contributed by atoms with van der Waals surface area (Å²) in [7, 11) is 0. The van der Waals surface area contributed by atoms with Crippen molar-refractivity contribution in [3.63, 3.8) is 0 Å². The molecule has 0 spiro atoms. The maximum atomic E-state index is 2.27. The van der Waals surface area contributed by atoms with Gasteiger partial charge in [-0.15, -0.1) is 0 Å². The molecule has 2 nitrogen and oxygen atoms in total. The van der Waals surface area contributed by atoms with E-state index >= 15 is 0 Å². The maximum absolute atomic E-state index is 2.27. The van der Waals surface area contributed by atoms with E-state index in [1.165, 1.54) is 16.8 Å². The van der Waals surface area contributed by atoms with Gasteiger partial charge in [-0.05, 0) is 65.7 Å². The van der Waals surface area contributed by atoms with Crippen LogP contribution in [-0.2, 0) is 0 Å². The van der Waals surface area contributed by atoms with Crippen LogP contribution in [0.5, 0.6) is 0 Å². The average Bonchev–Trinajstić information content (AvgIpc) is 2.90. The molecule has 0 unspecified atom stereocenters. The largest absolute Gasteiger partial charge is 0.344 e. The van der Waals surface area contributed by atoms with Gasteiger partial charge in [0.25, 0.3) is 0 Å². The van der Waals surface area contributed by atoms with Crippen LogP contribution < -0.4 is 9.80 Å². The lowest BCUT2D eigenvalue weighted by molar-refractivity contribution is 1.07. The quantitative estimate of drug-likeness (QED) is 0.287. The van der Waals surface area contributed by atoms with E-state index < -0.39 is 0 Å². The van der Waals surface area contributed by atoms with Crippen LogP contribution in [-0.4, -0.2) is 6.54 Å². The first-order chi connectivity index (χ1) is 16.4. The second kappa shape index (κ2) is 9.88. The van der Waals surface area contributed by atoms with Gasteiger partial charge in [-0.2, -0.15) is 0 Å². The van der Waals surface area contributed by atoms with Crippen LogP contribution in [0, 0.1) is 0 Å². The lowest BCUT2D eigenvalue weighted by Crippen LogP contribution is -2.17. The molecule has 4 aromatic rings. The molecule has 2 heteroatoms. The summed E-state index contributed by atoms with van der Waals surface area (Å²) < 4.78 is 0. The third-order valence-corrected chi connectivity index (χ3v) is 5.69. The van der Waals surface area contributed by atoms with Crippen LogP contribution in [0.25, 0.3) is 12.2 Å². The zero-order chi connectivity index (χ0) is 22.3. The standard InChI is InChI=1S/C31H26N2/c1-4-10-29(11-5-1)33(30-12-6-2-7-13-30)31-22-18-27(19-23-31)15-14-26-16-20-28(21-17-26)32-24-8-3-9-25-32/h1-24H,25H2/b15-14+. The summed E-state index contributed by atoms with van der Waals surface area (Å²) in [5.41, 5.74) is 7.00. The third kappa shape index (κ3) is 4.97. The van der Waals surface area contributed by atoms with Crippen molar-refractivity contribution in [1.82, 2.24) is 0 Å². The van der Waals surface area contributed by atoms with Crippen molar-refractivity contribution in [3.05, 3.63) is 145 Å². The highest BCUT2D eigenvalue weighted by Gasteiger charge is 2.11. The first-order valence-electron chi connectivity index (χ1n) is 11.3. The van der Waals surface area contributed by atoms with Gasteiger partial charge in [-0.3, -0.25) is 0 Å². The summed E-state index contributed by atoms with van der Waals surface area (Å²) in [4.78, 5) is 4.51. The van der Waals surface area contributed by atoms with E-state index in [1.807, 2.05) is 12.1 Å². The second-order valence-corrected chi connectivity index (χ2v) is 7.94. The Morgan fingerprint density at radius 3 is 1.58 bits per heavy atom. The molecule has 5 rings (SSSR count). The molecular formula is C31H26N2. The highest BCUT2D eigenvalue weighted by Crippen LogP contribution is 2.34. The van der Waals surface area contributed by atoms with Crippen molar-refractivity contribution in [3.8, 4) is 0 Å². The van der Waals surface area contributed by atoms with Gasteiger partial charge in [0.2, 0.25) is 0 Å². The zero-order valence-electron chi connectivity index (χ0n) is 18.5. The maximum Gasteiger partial charge on any atom is 0.0462 e. The Bertz CT molecular complexity index is 1210. The lowest BCUT2D eigenvalue weighted by Gasteiger charge is -2.25. The molecule has 0 N–H and O–H groups in total. The Labute approximate surface area is 196 Å². The summed E-state index contributed by atoms with van der Waals surface area (Å²) in [6, 6.07) is 38.3. The fraction of sp³-hybridized carbons (Fsp3) is 0.0323. The predicted octanol–water partition coefficient (Wildman–Crippen LogP) is 8.22. The summed E-state index contributed by atoms with van der Waals surface area (Å²) in [6.07, 6.45) is 12.7. The van der Waals surface area contributed by atoms with Gasteiger partial charge in [0.15, 0.2) is 0 Å². The normalized spacial score (nSPS) is 12.9. The van der Waals surface area contributed by atoms with E-state index in [4.69, 9.17) is 0 Å². The molecule has 160 valence electrons. The van der Waals surface area contributed by atoms with E-state index in [1.54, 1.807) is 0 Å². The molecule has 0 fully saturated rings. The lowest BCUT2D eigenvalue weighted by atomic mass is 10.1. The van der Waals surface area contributed by atoms with E-state index in [0.29, 0.717) is 0 Å². The van der Waals surface area contributed by atoms with Crippen molar-refractivity contribution in [2.75, 3.05) is 16.3 Å². The predicted molar refractivity (Wildman–Crippen MR) is 142 cm³/mol. The molecule has 0 amide bonds. The molecular weight excluding hydrogens is 400 g/mol. The van der Waals surface area contributed by atoms with Gasteiger partial charge in [0, 0.05) is 35.5 Å². The van der Waals surface area contributed by atoms with Crippen molar-refractivity contribution in [2.45, 2.75) is 0 Å². The van der Waals surface area contributed by atoms with E-state index in [0.717, 1.165) is 23.6 Å². The molecule has 1 aliphatic heterocycles. The van der Waals surface area contributed by atoms with Gasteiger partial charge >= 0.3 is 0 Å². The molecule has 1 heterocycles. The highest BCUT2D eigenvalue weighted by atomic mass is 15.1. The van der Waals surface area contributed by atoms with Crippen molar-refractivity contribution in [2.24, 2.45) is 0 Å². The number of hydrogen-bond donors (Lipinski definition) is 0. The van der Waals surface area contributed by atoms with Crippen LogP contribution in [0.4, 0.5) is 22.7 Å². The smallest absolute Gasteiger partial charge is 0.0462 e. The number of rotatable bonds is 6. The second-order valence-electron chi connectivity index (χ2n) is 7.94. The monoisotopic (exact) mass is 426 g/mol. The SMILES string of the molecule is C1=CCN(c2ccc(/C=C/c3ccc(N(c4ccccc4)c4ccccc4)cc3)cc2)C=C1. The van der Waals surface area contributed by atoms with Crippen LogP contribution in [0.1, 0.15) is 11.1 Å². The number of benzene rings is 4. The molecule has 0 aromatic heterocycles. The minimum Gasteiger partial charge on any atom is -0.344 e. The number of anilines is 4. The van der Waals surface area contributed by atoms with E-state index in [9.17, 15) is 0 Å². The van der Waals surface area contributed by atoms with Crippen LogP contribution in [0.3, 0.4) is 0 Å². The molecule has 0 radical (unpaired) electrons. The molecule has 0 saturated carbocycles. The summed E-state index contributed by atoms with van der Waals surface area (Å²) >= 11 is 0.